The van der Waals surface area contributed by atoms with Gasteiger partial charge in [-0.2, -0.15) is 0 Å². The van der Waals surface area contributed by atoms with Crippen LogP contribution in [0.1, 0.15) is 35.5 Å². The molecule has 0 unspecified atom stereocenters. The maximum absolute atomic E-state index is 15.8. The molecule has 3 N–H and O–H groups in total. The minimum atomic E-state index is -0.563. The van der Waals surface area contributed by atoms with E-state index in [9.17, 15) is 4.79 Å². The number of hydrogen-bond acceptors (Lipinski definition) is 8. The Morgan fingerprint density at radius 1 is 1.13 bits per heavy atom. The minimum Gasteiger partial charge on any atom is -0.421 e. The lowest BCUT2D eigenvalue weighted by atomic mass is 9.95. The highest BCUT2D eigenvalue weighted by molar-refractivity contribution is 7.23. The summed E-state index contributed by atoms with van der Waals surface area (Å²) in [5.74, 6) is 0.628. The number of benzene rings is 2. The molecular weight excluding hydrogens is 614 g/mol. The Labute approximate surface area is 275 Å². The van der Waals surface area contributed by atoms with Gasteiger partial charge in [-0.25, -0.2) is 24.3 Å². The summed E-state index contributed by atoms with van der Waals surface area (Å²) in [5.41, 5.74) is 13.4. The molecule has 0 atom stereocenters. The number of nitrogens with zero attached hydrogens (tertiary/aromatic N) is 5. The lowest BCUT2D eigenvalue weighted by molar-refractivity contribution is -0.116. The van der Waals surface area contributed by atoms with E-state index in [0.717, 1.165) is 80.1 Å². The van der Waals surface area contributed by atoms with E-state index in [-0.39, 0.29) is 17.7 Å². The highest BCUT2D eigenvalue weighted by Crippen LogP contribution is 2.50. The molecule has 6 aromatic rings. The highest BCUT2D eigenvalue weighted by Gasteiger charge is 2.25. The van der Waals surface area contributed by atoms with Crippen LogP contribution >= 0.6 is 11.3 Å². The van der Waals surface area contributed by atoms with Crippen molar-refractivity contribution in [3.8, 4) is 44.6 Å². The summed E-state index contributed by atoms with van der Waals surface area (Å²) in [6.45, 7) is 8.67. The van der Waals surface area contributed by atoms with Crippen molar-refractivity contribution < 1.29 is 13.9 Å². The molecule has 9 nitrogen and oxygen atoms in total. The number of halogens is 1. The molecule has 4 aromatic heterocycles. The van der Waals surface area contributed by atoms with Gasteiger partial charge in [-0.15, -0.1) is 11.3 Å². The van der Waals surface area contributed by atoms with Crippen LogP contribution in [-0.2, 0) is 24.3 Å². The Kier molecular flexibility index (Phi) is 7.98. The number of imidazole rings is 1. The Morgan fingerprint density at radius 2 is 2.00 bits per heavy atom. The number of ether oxygens (including phenoxy) is 1. The molecule has 0 bridgehead atoms. The first kappa shape index (κ1) is 30.2. The van der Waals surface area contributed by atoms with Crippen LogP contribution in [0, 0.1) is 19.7 Å². The van der Waals surface area contributed by atoms with Crippen molar-refractivity contribution in [3.63, 3.8) is 0 Å². The smallest absolute Gasteiger partial charge is 0.322 e. The van der Waals surface area contributed by atoms with Gasteiger partial charge in [0, 0.05) is 65.2 Å². The van der Waals surface area contributed by atoms with Crippen LogP contribution in [0.5, 0.6) is 11.8 Å². The third-order valence-electron chi connectivity index (χ3n) is 8.31. The van der Waals surface area contributed by atoms with Gasteiger partial charge in [0.2, 0.25) is 5.91 Å². The molecule has 0 radical (unpaired) electrons. The lowest BCUT2D eigenvalue weighted by Gasteiger charge is -2.12. The third kappa shape index (κ3) is 5.85. The van der Waals surface area contributed by atoms with Crippen LogP contribution in [-0.4, -0.2) is 30.4 Å². The molecule has 0 saturated carbocycles. The van der Waals surface area contributed by atoms with Crippen LogP contribution in [0.2, 0.25) is 0 Å². The second-order valence-electron chi connectivity index (χ2n) is 11.6. The quantitative estimate of drug-likeness (QED) is 0.164. The predicted molar refractivity (Wildman–Crippen MR) is 183 cm³/mol. The molecule has 5 heterocycles. The first-order valence-corrected chi connectivity index (χ1v) is 16.2. The second kappa shape index (κ2) is 12.4. The normalized spacial score (nSPS) is 12.6. The number of nitrogens with two attached hydrogens (primary N) is 1. The Hall–Kier alpha value is -5.42. The number of aryl methyl sites for hydroxylation is 4. The number of hydrogen-bond donors (Lipinski definition) is 2. The van der Waals surface area contributed by atoms with Crippen molar-refractivity contribution >= 4 is 33.1 Å². The van der Waals surface area contributed by atoms with E-state index in [1.54, 1.807) is 35.9 Å². The number of nitrogen functional groups attached to an aromatic ring is 1. The van der Waals surface area contributed by atoms with Gasteiger partial charge in [0.25, 0.3) is 0 Å². The molecule has 236 valence electrons. The van der Waals surface area contributed by atoms with Crippen molar-refractivity contribution in [1.29, 1.82) is 0 Å². The predicted octanol–water partition coefficient (Wildman–Crippen LogP) is 7.55. The van der Waals surface area contributed by atoms with Gasteiger partial charge >= 0.3 is 6.01 Å². The number of carbonyl (C=O) groups is 1. The van der Waals surface area contributed by atoms with E-state index in [1.807, 2.05) is 38.1 Å². The fourth-order valence-electron chi connectivity index (χ4n) is 5.98. The number of thiophene rings is 1. The summed E-state index contributed by atoms with van der Waals surface area (Å²) >= 11 is 1.58. The van der Waals surface area contributed by atoms with Crippen LogP contribution < -0.4 is 15.8 Å². The number of pyridine rings is 1. The van der Waals surface area contributed by atoms with Gasteiger partial charge in [-0.05, 0) is 73.2 Å². The van der Waals surface area contributed by atoms with Crippen molar-refractivity contribution in [3.05, 3.63) is 102 Å². The lowest BCUT2D eigenvalue weighted by Crippen LogP contribution is -2.19. The summed E-state index contributed by atoms with van der Waals surface area (Å²) in [7, 11) is 0. The molecule has 0 saturated heterocycles. The van der Waals surface area contributed by atoms with Gasteiger partial charge in [0.05, 0.1) is 10.4 Å². The zero-order valence-corrected chi connectivity index (χ0v) is 26.8. The first-order chi connectivity index (χ1) is 22.8. The Morgan fingerprint density at radius 3 is 2.77 bits per heavy atom. The van der Waals surface area contributed by atoms with Crippen LogP contribution in [0.4, 0.5) is 10.2 Å². The molecule has 1 aliphatic heterocycles. The van der Waals surface area contributed by atoms with E-state index in [1.165, 1.54) is 12.1 Å². The number of carbonyl (C=O) groups excluding carboxylic acids is 1. The molecule has 0 aliphatic carbocycles. The number of amides is 1. The fraction of sp³-hybridized carbons (Fsp3) is 0.194. The maximum atomic E-state index is 15.8. The van der Waals surface area contributed by atoms with Crippen molar-refractivity contribution in [2.24, 2.45) is 0 Å². The van der Waals surface area contributed by atoms with E-state index < -0.39 is 5.82 Å². The monoisotopic (exact) mass is 645 g/mol. The van der Waals surface area contributed by atoms with Crippen LogP contribution in [0.3, 0.4) is 0 Å². The summed E-state index contributed by atoms with van der Waals surface area (Å²) in [4.78, 5) is 30.6. The van der Waals surface area contributed by atoms with Crippen molar-refractivity contribution in [2.75, 3.05) is 5.73 Å². The average Bonchev–Trinajstić information content (AvgIpc) is 3.68. The highest BCUT2D eigenvalue weighted by atomic mass is 32.1. The number of aromatic nitrogens is 5. The molecule has 47 heavy (non-hydrogen) atoms. The molecule has 11 heteroatoms. The van der Waals surface area contributed by atoms with Crippen molar-refractivity contribution in [2.45, 2.75) is 46.2 Å². The SMILES string of the molecule is C=CC(=O)NCc1ccc(-c2sc3c(-c4cn5c(n4)CCCC5)cnc(N)c3c2-c2ccc(Oc3nccc(C)n3)c(F)c2)c(C)c1. The standard InChI is InChI=1S/C36H32FN7O2S/c1-4-30(45)40-17-22-8-10-24(20(2)15-22)33-31(23-9-11-28(26(37)16-23)46-36-39-13-12-21(3)42-36)32-34(47-33)25(18-41-35(32)38)27-19-44-14-6-5-7-29(44)43-27/h4,8-13,15-16,18-19H,1,5-7,14,17H2,2-3H3,(H2,38,41)(H,40,45). The summed E-state index contributed by atoms with van der Waals surface area (Å²) in [5, 5.41) is 3.57. The second-order valence-corrected chi connectivity index (χ2v) is 12.6. The van der Waals surface area contributed by atoms with Gasteiger partial charge in [-0.1, -0.05) is 30.8 Å². The van der Waals surface area contributed by atoms with Gasteiger partial charge in [0.1, 0.15) is 11.6 Å². The Bertz CT molecular complexity index is 2160. The molecule has 0 fully saturated rings. The number of anilines is 1. The molecule has 2 aromatic carbocycles. The van der Waals surface area contributed by atoms with E-state index in [0.29, 0.717) is 23.6 Å². The van der Waals surface area contributed by atoms with E-state index in [4.69, 9.17) is 15.5 Å². The Balaban J connectivity index is 1.39. The fourth-order valence-corrected chi connectivity index (χ4v) is 7.42. The summed E-state index contributed by atoms with van der Waals surface area (Å²) in [6.07, 6.45) is 9.88. The molecule has 7 rings (SSSR count). The topological polar surface area (TPSA) is 121 Å². The largest absolute Gasteiger partial charge is 0.421 e. The van der Waals surface area contributed by atoms with Gasteiger partial charge < -0.3 is 20.4 Å². The van der Waals surface area contributed by atoms with Gasteiger partial charge in [-0.3, -0.25) is 4.79 Å². The summed E-state index contributed by atoms with van der Waals surface area (Å²) in [6, 6.07) is 12.7. The molecular formula is C36H32FN7O2S. The minimum absolute atomic E-state index is 0.0120. The van der Waals surface area contributed by atoms with E-state index in [2.05, 4.69) is 37.6 Å². The van der Waals surface area contributed by atoms with E-state index >= 15 is 4.39 Å². The number of nitrogens with one attached hydrogen (secondary N) is 1. The van der Waals surface area contributed by atoms with Crippen molar-refractivity contribution in [1.82, 2.24) is 29.8 Å². The maximum Gasteiger partial charge on any atom is 0.322 e. The first-order valence-electron chi connectivity index (χ1n) is 15.3. The molecule has 0 spiro atoms. The van der Waals surface area contributed by atoms with Crippen LogP contribution in [0.25, 0.3) is 42.9 Å². The molecule has 1 amide bonds. The van der Waals surface area contributed by atoms with Gasteiger partial charge in [0.15, 0.2) is 11.6 Å². The zero-order valence-electron chi connectivity index (χ0n) is 26.0. The third-order valence-corrected chi connectivity index (χ3v) is 9.56. The molecule has 1 aliphatic rings. The van der Waals surface area contributed by atoms with Crippen LogP contribution in [0.15, 0.2) is 73.7 Å². The average molecular weight is 646 g/mol. The number of fused-ring (bicyclic) bond motifs is 2. The zero-order chi connectivity index (χ0) is 32.7. The summed E-state index contributed by atoms with van der Waals surface area (Å²) < 4.78 is 24.6. The number of rotatable bonds is 8.